The number of ketones is 1. The maximum atomic E-state index is 12.7. The van der Waals surface area contributed by atoms with Crippen LogP contribution in [0.15, 0.2) is 65.6 Å². The molecule has 0 aliphatic carbocycles. The number of carbonyl (C=O) groups excluding carboxylic acids is 1. The average molecular weight is 436 g/mol. The predicted molar refractivity (Wildman–Crippen MR) is 121 cm³/mol. The zero-order chi connectivity index (χ0) is 22.0. The van der Waals surface area contributed by atoms with Crippen molar-refractivity contribution in [3.63, 3.8) is 0 Å². The van der Waals surface area contributed by atoms with Crippen LogP contribution >= 0.6 is 0 Å². The highest BCUT2D eigenvalue weighted by Crippen LogP contribution is 2.22. The summed E-state index contributed by atoms with van der Waals surface area (Å²) in [4.78, 5) is 12.9. The molecule has 1 aromatic heterocycles. The summed E-state index contributed by atoms with van der Waals surface area (Å²) in [6.45, 7) is 4.99. The van der Waals surface area contributed by atoms with Crippen molar-refractivity contribution in [3.8, 4) is 5.69 Å². The summed E-state index contributed by atoms with van der Waals surface area (Å²) in [5.41, 5.74) is 4.08. The number of benzene rings is 2. The number of para-hydroxylation sites is 1. The molecule has 0 amide bonds. The molecule has 0 bridgehead atoms. The van der Waals surface area contributed by atoms with E-state index in [2.05, 4.69) is 5.10 Å². The summed E-state index contributed by atoms with van der Waals surface area (Å²) in [5, 5.41) is 4.59. The molecule has 2 aromatic carbocycles. The number of rotatable bonds is 6. The van der Waals surface area contributed by atoms with Crippen molar-refractivity contribution in [2.45, 2.75) is 31.6 Å². The first-order chi connectivity index (χ1) is 14.9. The number of aromatic nitrogens is 2. The van der Waals surface area contributed by atoms with E-state index >= 15 is 0 Å². The first-order valence-electron chi connectivity index (χ1n) is 10.3. The molecule has 1 aliphatic rings. The lowest BCUT2D eigenvalue weighted by Crippen LogP contribution is -2.27. The highest BCUT2D eigenvalue weighted by Gasteiger charge is 2.27. The van der Waals surface area contributed by atoms with Gasteiger partial charge in [-0.15, -0.1) is 0 Å². The summed E-state index contributed by atoms with van der Waals surface area (Å²) in [7, 11) is -3.48. The third-order valence-corrected chi connectivity index (χ3v) is 7.50. The molecular formula is C24H25N3O3S. The van der Waals surface area contributed by atoms with Crippen LogP contribution in [0.4, 0.5) is 0 Å². The Hall–Kier alpha value is -3.03. The fourth-order valence-corrected chi connectivity index (χ4v) is 5.36. The van der Waals surface area contributed by atoms with Crippen LogP contribution in [0, 0.1) is 13.8 Å². The fourth-order valence-electron chi connectivity index (χ4n) is 3.84. The number of hydrogen-bond acceptors (Lipinski definition) is 4. The molecule has 2 heterocycles. The van der Waals surface area contributed by atoms with Gasteiger partial charge in [0.1, 0.15) is 0 Å². The van der Waals surface area contributed by atoms with E-state index in [1.807, 2.05) is 48.9 Å². The molecule has 1 saturated heterocycles. The Labute approximate surface area is 182 Å². The molecule has 0 saturated carbocycles. The van der Waals surface area contributed by atoms with Gasteiger partial charge in [0.05, 0.1) is 16.3 Å². The van der Waals surface area contributed by atoms with E-state index in [0.717, 1.165) is 35.5 Å². The van der Waals surface area contributed by atoms with Gasteiger partial charge in [0, 0.05) is 29.9 Å². The van der Waals surface area contributed by atoms with Gasteiger partial charge in [0.15, 0.2) is 5.78 Å². The minimum absolute atomic E-state index is 0.184. The molecule has 0 atom stereocenters. The van der Waals surface area contributed by atoms with Gasteiger partial charge < -0.3 is 0 Å². The summed E-state index contributed by atoms with van der Waals surface area (Å²) in [6, 6.07) is 16.0. The fraction of sp³-hybridized carbons (Fsp3) is 0.250. The summed E-state index contributed by atoms with van der Waals surface area (Å²) < 4.78 is 28.6. The third kappa shape index (κ3) is 4.24. The summed E-state index contributed by atoms with van der Waals surface area (Å²) >= 11 is 0. The molecule has 1 fully saturated rings. The van der Waals surface area contributed by atoms with E-state index in [1.54, 1.807) is 18.2 Å². The monoisotopic (exact) mass is 435 g/mol. The summed E-state index contributed by atoms with van der Waals surface area (Å²) in [5.74, 6) is -0.184. The zero-order valence-corrected chi connectivity index (χ0v) is 18.5. The summed E-state index contributed by atoms with van der Waals surface area (Å²) in [6.07, 6.45) is 5.06. The van der Waals surface area contributed by atoms with Crippen molar-refractivity contribution in [2.75, 3.05) is 13.1 Å². The Kier molecular flexibility index (Phi) is 5.89. The molecule has 160 valence electrons. The van der Waals surface area contributed by atoms with Gasteiger partial charge in [0.2, 0.25) is 10.0 Å². The lowest BCUT2D eigenvalue weighted by atomic mass is 10.1. The average Bonchev–Trinajstić information content (AvgIpc) is 3.42. The SMILES string of the molecule is Cc1nn(-c2ccccc2)c(C)c1C=CC(=O)c1ccc(S(=O)(=O)N2CCCC2)cc1. The van der Waals surface area contributed by atoms with Crippen molar-refractivity contribution < 1.29 is 13.2 Å². The number of aryl methyl sites for hydroxylation is 1. The second-order valence-corrected chi connectivity index (χ2v) is 9.60. The lowest BCUT2D eigenvalue weighted by molar-refractivity contribution is 0.104. The van der Waals surface area contributed by atoms with Crippen molar-refractivity contribution in [2.24, 2.45) is 0 Å². The molecule has 0 radical (unpaired) electrons. The quantitative estimate of drug-likeness (QED) is 0.430. The number of hydrogen-bond donors (Lipinski definition) is 0. The number of carbonyl (C=O) groups is 1. The van der Waals surface area contributed by atoms with Crippen LogP contribution in [-0.4, -0.2) is 41.4 Å². The van der Waals surface area contributed by atoms with Crippen LogP contribution in [0.1, 0.15) is 40.2 Å². The zero-order valence-electron chi connectivity index (χ0n) is 17.7. The Morgan fingerprint density at radius 2 is 1.61 bits per heavy atom. The minimum atomic E-state index is -3.48. The maximum Gasteiger partial charge on any atom is 0.243 e. The van der Waals surface area contributed by atoms with E-state index in [1.165, 1.54) is 22.5 Å². The van der Waals surface area contributed by atoms with Crippen molar-refractivity contribution in [3.05, 3.63) is 83.2 Å². The molecule has 3 aromatic rings. The second-order valence-electron chi connectivity index (χ2n) is 7.67. The molecule has 0 N–H and O–H groups in total. The second kappa shape index (κ2) is 8.61. The first kappa shape index (κ1) is 21.2. The van der Waals surface area contributed by atoms with Crippen LogP contribution in [0.2, 0.25) is 0 Å². The van der Waals surface area contributed by atoms with Crippen molar-refractivity contribution in [1.82, 2.24) is 14.1 Å². The highest BCUT2D eigenvalue weighted by atomic mass is 32.2. The molecule has 1 aliphatic heterocycles. The van der Waals surface area contributed by atoms with Gasteiger partial charge in [-0.1, -0.05) is 18.2 Å². The van der Waals surface area contributed by atoms with E-state index in [4.69, 9.17) is 0 Å². The van der Waals surface area contributed by atoms with Gasteiger partial charge in [0.25, 0.3) is 0 Å². The smallest absolute Gasteiger partial charge is 0.243 e. The molecule has 4 rings (SSSR count). The Morgan fingerprint density at radius 1 is 0.968 bits per heavy atom. The molecule has 6 nitrogen and oxygen atoms in total. The predicted octanol–water partition coefficient (Wildman–Crippen LogP) is 4.17. The topological polar surface area (TPSA) is 72.3 Å². The largest absolute Gasteiger partial charge is 0.289 e. The third-order valence-electron chi connectivity index (χ3n) is 5.59. The van der Waals surface area contributed by atoms with Crippen molar-refractivity contribution >= 4 is 21.9 Å². The van der Waals surface area contributed by atoms with E-state index < -0.39 is 10.0 Å². The van der Waals surface area contributed by atoms with Crippen LogP contribution in [-0.2, 0) is 10.0 Å². The van der Waals surface area contributed by atoms with Gasteiger partial charge in [-0.25, -0.2) is 13.1 Å². The highest BCUT2D eigenvalue weighted by molar-refractivity contribution is 7.89. The minimum Gasteiger partial charge on any atom is -0.289 e. The van der Waals surface area contributed by atoms with Crippen LogP contribution < -0.4 is 0 Å². The van der Waals surface area contributed by atoms with Crippen LogP contribution in [0.5, 0.6) is 0 Å². The van der Waals surface area contributed by atoms with Crippen LogP contribution in [0.3, 0.4) is 0 Å². The molecule has 0 unspecified atom stereocenters. The van der Waals surface area contributed by atoms with Gasteiger partial charge in [-0.2, -0.15) is 9.40 Å². The van der Waals surface area contributed by atoms with Gasteiger partial charge in [-0.3, -0.25) is 4.79 Å². The standard InChI is InChI=1S/C24H25N3O3S/c1-18-23(19(2)27(25-18)21-8-4-3-5-9-21)14-15-24(28)20-10-12-22(13-11-20)31(29,30)26-16-6-7-17-26/h3-5,8-15H,6-7,16-17H2,1-2H3. The normalized spacial score (nSPS) is 15.0. The molecular weight excluding hydrogens is 410 g/mol. The Balaban J connectivity index is 1.53. The number of nitrogens with zero attached hydrogens (tertiary/aromatic N) is 3. The van der Waals surface area contributed by atoms with Gasteiger partial charge >= 0.3 is 0 Å². The molecule has 31 heavy (non-hydrogen) atoms. The lowest BCUT2D eigenvalue weighted by Gasteiger charge is -2.15. The first-order valence-corrected chi connectivity index (χ1v) is 11.8. The number of allylic oxidation sites excluding steroid dienone is 1. The van der Waals surface area contributed by atoms with Crippen molar-refractivity contribution in [1.29, 1.82) is 0 Å². The Morgan fingerprint density at radius 3 is 2.26 bits per heavy atom. The van der Waals surface area contributed by atoms with E-state index in [-0.39, 0.29) is 10.7 Å². The molecule has 0 spiro atoms. The maximum absolute atomic E-state index is 12.7. The van der Waals surface area contributed by atoms with E-state index in [9.17, 15) is 13.2 Å². The molecule has 7 heteroatoms. The van der Waals surface area contributed by atoms with Crippen LogP contribution in [0.25, 0.3) is 11.8 Å². The van der Waals surface area contributed by atoms with Gasteiger partial charge in [-0.05, 0) is 75.2 Å². The Bertz CT molecular complexity index is 1220. The van der Waals surface area contributed by atoms with E-state index in [0.29, 0.717) is 18.7 Å². The number of sulfonamides is 1.